The van der Waals surface area contributed by atoms with Crippen LogP contribution in [0.3, 0.4) is 0 Å². The lowest BCUT2D eigenvalue weighted by molar-refractivity contribution is -0.0191. The maximum Gasteiger partial charge on any atom is 0.0724 e. The molecule has 1 rings (SSSR count). The highest BCUT2D eigenvalue weighted by Crippen LogP contribution is 2.39. The van der Waals surface area contributed by atoms with Crippen molar-refractivity contribution in [2.45, 2.75) is 52.7 Å². The molecule has 0 aromatic carbocycles. The molecular weight excluding hydrogens is 162 g/mol. The van der Waals surface area contributed by atoms with Crippen LogP contribution in [-0.4, -0.2) is 17.3 Å². The molecule has 0 bridgehead atoms. The lowest BCUT2D eigenvalue weighted by Gasteiger charge is -2.43. The first-order valence-corrected chi connectivity index (χ1v) is 5.26. The SMILES string of the molecule is CC1CC(N)C(O)C(C(C)(C)C)C1. The summed E-state index contributed by atoms with van der Waals surface area (Å²) >= 11 is 0. The molecular formula is C11H23NO. The Morgan fingerprint density at radius 2 is 1.77 bits per heavy atom. The lowest BCUT2D eigenvalue weighted by atomic mass is 9.66. The first-order valence-electron chi connectivity index (χ1n) is 5.26. The van der Waals surface area contributed by atoms with Crippen molar-refractivity contribution < 1.29 is 5.11 Å². The third kappa shape index (κ3) is 2.44. The van der Waals surface area contributed by atoms with Crippen LogP contribution in [0.15, 0.2) is 0 Å². The van der Waals surface area contributed by atoms with E-state index in [-0.39, 0.29) is 17.6 Å². The molecule has 78 valence electrons. The van der Waals surface area contributed by atoms with E-state index in [0.717, 1.165) is 12.8 Å². The fraction of sp³-hybridized carbons (Fsp3) is 1.00. The van der Waals surface area contributed by atoms with Gasteiger partial charge in [0.25, 0.3) is 0 Å². The molecule has 4 atom stereocenters. The summed E-state index contributed by atoms with van der Waals surface area (Å²) in [4.78, 5) is 0. The van der Waals surface area contributed by atoms with Gasteiger partial charge in [-0.15, -0.1) is 0 Å². The molecule has 1 aliphatic rings. The van der Waals surface area contributed by atoms with Crippen LogP contribution in [-0.2, 0) is 0 Å². The van der Waals surface area contributed by atoms with E-state index in [9.17, 15) is 5.11 Å². The minimum atomic E-state index is -0.309. The molecule has 3 N–H and O–H groups in total. The molecule has 0 aliphatic heterocycles. The standard InChI is InChI=1S/C11H23NO/c1-7-5-8(11(2,3)4)10(13)9(12)6-7/h7-10,13H,5-6,12H2,1-4H3. The van der Waals surface area contributed by atoms with Crippen LogP contribution in [0.2, 0.25) is 0 Å². The van der Waals surface area contributed by atoms with Crippen LogP contribution in [0.4, 0.5) is 0 Å². The molecule has 0 aromatic heterocycles. The third-order valence-electron chi connectivity index (χ3n) is 3.29. The Kier molecular flexibility index (Phi) is 3.03. The van der Waals surface area contributed by atoms with E-state index in [1.165, 1.54) is 0 Å². The maximum absolute atomic E-state index is 9.97. The first kappa shape index (κ1) is 11.0. The predicted octanol–water partition coefficient (Wildman–Crippen LogP) is 1.77. The zero-order valence-corrected chi connectivity index (χ0v) is 9.25. The molecule has 0 spiro atoms. The molecule has 1 aliphatic carbocycles. The largest absolute Gasteiger partial charge is 0.391 e. The Morgan fingerprint density at radius 1 is 1.23 bits per heavy atom. The van der Waals surface area contributed by atoms with Crippen LogP contribution in [0.25, 0.3) is 0 Å². The van der Waals surface area contributed by atoms with Gasteiger partial charge in [-0.25, -0.2) is 0 Å². The van der Waals surface area contributed by atoms with Crippen LogP contribution in [0.5, 0.6) is 0 Å². The first-order chi connectivity index (χ1) is 5.82. The average Bonchev–Trinajstić information content (AvgIpc) is 1.94. The molecule has 13 heavy (non-hydrogen) atoms. The van der Waals surface area contributed by atoms with Gasteiger partial charge in [0.2, 0.25) is 0 Å². The quantitative estimate of drug-likeness (QED) is 0.604. The van der Waals surface area contributed by atoms with Crippen molar-refractivity contribution in [3.8, 4) is 0 Å². The molecule has 2 heteroatoms. The summed E-state index contributed by atoms with van der Waals surface area (Å²) in [6.45, 7) is 8.79. The van der Waals surface area contributed by atoms with Crippen molar-refractivity contribution in [3.63, 3.8) is 0 Å². The van der Waals surface area contributed by atoms with E-state index < -0.39 is 0 Å². The zero-order valence-electron chi connectivity index (χ0n) is 9.25. The Balaban J connectivity index is 2.72. The summed E-state index contributed by atoms with van der Waals surface area (Å²) in [5.41, 5.74) is 6.08. The Labute approximate surface area is 81.5 Å². The molecule has 0 saturated heterocycles. The molecule has 0 radical (unpaired) electrons. The second-order valence-electron chi connectivity index (χ2n) is 5.70. The topological polar surface area (TPSA) is 46.2 Å². The van der Waals surface area contributed by atoms with E-state index in [0.29, 0.717) is 11.8 Å². The number of hydrogen-bond donors (Lipinski definition) is 2. The molecule has 4 unspecified atom stereocenters. The number of rotatable bonds is 0. The third-order valence-corrected chi connectivity index (χ3v) is 3.29. The highest BCUT2D eigenvalue weighted by atomic mass is 16.3. The number of aliphatic hydroxyl groups excluding tert-OH is 1. The summed E-state index contributed by atoms with van der Waals surface area (Å²) in [5.74, 6) is 1.01. The van der Waals surface area contributed by atoms with Crippen LogP contribution >= 0.6 is 0 Å². The van der Waals surface area contributed by atoms with Crippen LogP contribution in [0.1, 0.15) is 40.5 Å². The number of nitrogens with two attached hydrogens (primary N) is 1. The normalized spacial score (nSPS) is 42.0. The number of aliphatic hydroxyl groups is 1. The highest BCUT2D eigenvalue weighted by molar-refractivity contribution is 4.92. The van der Waals surface area contributed by atoms with E-state index in [2.05, 4.69) is 27.7 Å². The van der Waals surface area contributed by atoms with Gasteiger partial charge in [-0.3, -0.25) is 0 Å². The van der Waals surface area contributed by atoms with E-state index in [1.807, 2.05) is 0 Å². The van der Waals surface area contributed by atoms with Crippen molar-refractivity contribution >= 4 is 0 Å². The second-order valence-corrected chi connectivity index (χ2v) is 5.70. The zero-order chi connectivity index (χ0) is 10.2. The molecule has 0 aromatic rings. The molecule has 1 saturated carbocycles. The fourth-order valence-electron chi connectivity index (χ4n) is 2.44. The Hall–Kier alpha value is -0.0800. The van der Waals surface area contributed by atoms with Gasteiger partial charge >= 0.3 is 0 Å². The second kappa shape index (κ2) is 3.58. The van der Waals surface area contributed by atoms with Gasteiger partial charge in [0.1, 0.15) is 0 Å². The van der Waals surface area contributed by atoms with Gasteiger partial charge < -0.3 is 10.8 Å². The highest BCUT2D eigenvalue weighted by Gasteiger charge is 2.39. The monoisotopic (exact) mass is 185 g/mol. The average molecular weight is 185 g/mol. The van der Waals surface area contributed by atoms with Gasteiger partial charge in [-0.1, -0.05) is 27.7 Å². The van der Waals surface area contributed by atoms with Crippen LogP contribution < -0.4 is 5.73 Å². The van der Waals surface area contributed by atoms with E-state index in [4.69, 9.17) is 5.73 Å². The minimum Gasteiger partial charge on any atom is -0.391 e. The van der Waals surface area contributed by atoms with Gasteiger partial charge in [-0.05, 0) is 30.1 Å². The number of hydrogen-bond acceptors (Lipinski definition) is 2. The van der Waals surface area contributed by atoms with Gasteiger partial charge in [0.05, 0.1) is 6.10 Å². The van der Waals surface area contributed by atoms with Crippen molar-refractivity contribution in [1.82, 2.24) is 0 Å². The summed E-state index contributed by atoms with van der Waals surface area (Å²) in [7, 11) is 0. The Bertz CT molecular complexity index is 173. The molecule has 0 amide bonds. The molecule has 1 fully saturated rings. The molecule has 2 nitrogen and oxygen atoms in total. The van der Waals surface area contributed by atoms with Crippen molar-refractivity contribution in [1.29, 1.82) is 0 Å². The predicted molar refractivity (Wildman–Crippen MR) is 55.3 cm³/mol. The summed E-state index contributed by atoms with van der Waals surface area (Å²) in [5, 5.41) is 9.97. The smallest absolute Gasteiger partial charge is 0.0724 e. The van der Waals surface area contributed by atoms with Crippen molar-refractivity contribution in [2.75, 3.05) is 0 Å². The fourth-order valence-corrected chi connectivity index (χ4v) is 2.44. The van der Waals surface area contributed by atoms with Crippen LogP contribution in [0, 0.1) is 17.3 Å². The van der Waals surface area contributed by atoms with E-state index >= 15 is 0 Å². The summed E-state index contributed by atoms with van der Waals surface area (Å²) < 4.78 is 0. The van der Waals surface area contributed by atoms with Gasteiger partial charge in [-0.2, -0.15) is 0 Å². The van der Waals surface area contributed by atoms with Crippen molar-refractivity contribution in [3.05, 3.63) is 0 Å². The lowest BCUT2D eigenvalue weighted by Crippen LogP contribution is -2.49. The van der Waals surface area contributed by atoms with Gasteiger partial charge in [0.15, 0.2) is 0 Å². The molecule has 0 heterocycles. The Morgan fingerprint density at radius 3 is 2.23 bits per heavy atom. The summed E-state index contributed by atoms with van der Waals surface area (Å²) in [6, 6.07) is -0.0204. The van der Waals surface area contributed by atoms with E-state index in [1.54, 1.807) is 0 Å². The van der Waals surface area contributed by atoms with Gasteiger partial charge in [0, 0.05) is 6.04 Å². The summed E-state index contributed by atoms with van der Waals surface area (Å²) in [6.07, 6.45) is 1.77. The van der Waals surface area contributed by atoms with Crippen molar-refractivity contribution in [2.24, 2.45) is 23.0 Å². The maximum atomic E-state index is 9.97. The minimum absolute atomic E-state index is 0.0204.